The number of nitrogens with one attached hydrogen (secondary N) is 1. The molecule has 3 atom stereocenters. The van der Waals surface area contributed by atoms with Crippen molar-refractivity contribution in [2.45, 2.75) is 46.1 Å². The van der Waals surface area contributed by atoms with Crippen LogP contribution in [0.3, 0.4) is 0 Å². The topological polar surface area (TPSA) is 12.0 Å². The third-order valence-corrected chi connectivity index (χ3v) is 4.74. The average molecular weight is 296 g/mol. The Bertz CT molecular complexity index is 389. The van der Waals surface area contributed by atoms with E-state index in [9.17, 15) is 0 Å². The van der Waals surface area contributed by atoms with Gasteiger partial charge < -0.3 is 5.32 Å². The van der Waals surface area contributed by atoms with Crippen LogP contribution in [0, 0.1) is 18.8 Å². The van der Waals surface area contributed by atoms with Gasteiger partial charge in [-0.3, -0.25) is 0 Å². The number of hydrogen-bond acceptors (Lipinski definition) is 1. The van der Waals surface area contributed by atoms with Crippen molar-refractivity contribution >= 4 is 21.6 Å². The van der Waals surface area contributed by atoms with Crippen LogP contribution in [0.4, 0.5) is 5.69 Å². The van der Waals surface area contributed by atoms with Gasteiger partial charge in [0.05, 0.1) is 0 Å². The maximum atomic E-state index is 3.74. The quantitative estimate of drug-likeness (QED) is 0.810. The Labute approximate surface area is 113 Å². The number of benzene rings is 1. The predicted molar refractivity (Wildman–Crippen MR) is 78.5 cm³/mol. The van der Waals surface area contributed by atoms with E-state index in [4.69, 9.17) is 0 Å². The summed E-state index contributed by atoms with van der Waals surface area (Å²) >= 11 is 3.55. The van der Waals surface area contributed by atoms with Crippen LogP contribution in [0.15, 0.2) is 22.7 Å². The Morgan fingerprint density at radius 1 is 1.24 bits per heavy atom. The molecule has 1 nitrogen and oxygen atoms in total. The second kappa shape index (κ2) is 5.43. The van der Waals surface area contributed by atoms with Crippen molar-refractivity contribution in [2.24, 2.45) is 11.8 Å². The molecule has 1 N–H and O–H groups in total. The minimum absolute atomic E-state index is 0.631. The molecule has 0 aliphatic heterocycles. The summed E-state index contributed by atoms with van der Waals surface area (Å²) in [6, 6.07) is 7.10. The van der Waals surface area contributed by atoms with Crippen molar-refractivity contribution in [3.8, 4) is 0 Å². The average Bonchev–Trinajstić information content (AvgIpc) is 2.30. The van der Waals surface area contributed by atoms with Gasteiger partial charge in [-0.15, -0.1) is 0 Å². The van der Waals surface area contributed by atoms with Crippen LogP contribution in [0.25, 0.3) is 0 Å². The van der Waals surface area contributed by atoms with E-state index < -0.39 is 0 Å². The van der Waals surface area contributed by atoms with E-state index in [1.807, 2.05) is 0 Å². The molecule has 0 saturated heterocycles. The van der Waals surface area contributed by atoms with Gasteiger partial charge in [0, 0.05) is 16.2 Å². The monoisotopic (exact) mass is 295 g/mol. The van der Waals surface area contributed by atoms with Gasteiger partial charge in [-0.25, -0.2) is 0 Å². The van der Waals surface area contributed by atoms with Crippen molar-refractivity contribution < 1.29 is 0 Å². The normalized spacial score (nSPS) is 29.1. The Morgan fingerprint density at radius 3 is 2.76 bits per heavy atom. The summed E-state index contributed by atoms with van der Waals surface area (Å²) in [5.41, 5.74) is 2.61. The van der Waals surface area contributed by atoms with Crippen LogP contribution in [0.2, 0.25) is 0 Å². The molecule has 1 aliphatic carbocycles. The molecule has 0 spiro atoms. The van der Waals surface area contributed by atoms with E-state index in [1.165, 1.54) is 30.5 Å². The highest BCUT2D eigenvalue weighted by atomic mass is 79.9. The van der Waals surface area contributed by atoms with Crippen molar-refractivity contribution in [1.82, 2.24) is 0 Å². The zero-order chi connectivity index (χ0) is 12.4. The minimum Gasteiger partial charge on any atom is -0.382 e. The first-order chi connectivity index (χ1) is 8.08. The summed E-state index contributed by atoms with van der Waals surface area (Å²) in [6.45, 7) is 6.94. The lowest BCUT2D eigenvalue weighted by molar-refractivity contribution is 0.253. The fourth-order valence-electron chi connectivity index (χ4n) is 2.74. The summed E-state index contributed by atoms with van der Waals surface area (Å²) in [4.78, 5) is 0. The van der Waals surface area contributed by atoms with E-state index in [2.05, 4.69) is 60.2 Å². The molecule has 0 amide bonds. The molecule has 1 aliphatic rings. The van der Waals surface area contributed by atoms with Crippen LogP contribution >= 0.6 is 15.9 Å². The second-order valence-electron chi connectivity index (χ2n) is 5.48. The SMILES string of the molecule is Cc1ccc(Br)cc1NC1CCCC(C)C1C. The lowest BCUT2D eigenvalue weighted by atomic mass is 9.78. The van der Waals surface area contributed by atoms with E-state index in [0.29, 0.717) is 6.04 Å². The van der Waals surface area contributed by atoms with Gasteiger partial charge >= 0.3 is 0 Å². The Morgan fingerprint density at radius 2 is 2.00 bits per heavy atom. The summed E-state index contributed by atoms with van der Waals surface area (Å²) < 4.78 is 1.15. The van der Waals surface area contributed by atoms with Crippen molar-refractivity contribution in [1.29, 1.82) is 0 Å². The van der Waals surface area contributed by atoms with E-state index >= 15 is 0 Å². The molecule has 17 heavy (non-hydrogen) atoms. The lowest BCUT2D eigenvalue weighted by Crippen LogP contribution is -2.35. The fourth-order valence-corrected chi connectivity index (χ4v) is 3.10. The number of aryl methyl sites for hydroxylation is 1. The number of halogens is 1. The number of hydrogen-bond donors (Lipinski definition) is 1. The first-order valence-corrected chi connectivity index (χ1v) is 7.40. The Balaban J connectivity index is 2.11. The van der Waals surface area contributed by atoms with Gasteiger partial charge in [-0.2, -0.15) is 0 Å². The number of anilines is 1. The molecule has 0 bridgehead atoms. The van der Waals surface area contributed by atoms with Crippen LogP contribution < -0.4 is 5.32 Å². The Kier molecular flexibility index (Phi) is 4.13. The van der Waals surface area contributed by atoms with E-state index in [0.717, 1.165) is 16.3 Å². The zero-order valence-corrected chi connectivity index (χ0v) is 12.5. The molecule has 1 saturated carbocycles. The molecule has 1 aromatic carbocycles. The number of rotatable bonds is 2. The van der Waals surface area contributed by atoms with Crippen LogP contribution in [-0.4, -0.2) is 6.04 Å². The molecule has 2 heteroatoms. The molecule has 2 rings (SSSR count). The van der Waals surface area contributed by atoms with E-state index in [-0.39, 0.29) is 0 Å². The van der Waals surface area contributed by atoms with Crippen LogP contribution in [0.5, 0.6) is 0 Å². The van der Waals surface area contributed by atoms with Gasteiger partial charge in [0.15, 0.2) is 0 Å². The maximum Gasteiger partial charge on any atom is 0.0383 e. The smallest absolute Gasteiger partial charge is 0.0383 e. The van der Waals surface area contributed by atoms with Crippen molar-refractivity contribution in [2.75, 3.05) is 5.32 Å². The summed E-state index contributed by atoms with van der Waals surface area (Å²) in [6.07, 6.45) is 4.05. The third-order valence-electron chi connectivity index (χ3n) is 4.25. The van der Waals surface area contributed by atoms with E-state index in [1.54, 1.807) is 0 Å². The third kappa shape index (κ3) is 3.04. The summed E-state index contributed by atoms with van der Waals surface area (Å²) in [7, 11) is 0. The Hall–Kier alpha value is -0.500. The van der Waals surface area contributed by atoms with Crippen LogP contribution in [0.1, 0.15) is 38.7 Å². The molecular weight excluding hydrogens is 274 g/mol. The zero-order valence-electron chi connectivity index (χ0n) is 11.0. The largest absolute Gasteiger partial charge is 0.382 e. The molecule has 1 fully saturated rings. The molecule has 3 unspecified atom stereocenters. The summed E-state index contributed by atoms with van der Waals surface area (Å²) in [5.74, 6) is 1.61. The first-order valence-electron chi connectivity index (χ1n) is 6.60. The molecule has 0 radical (unpaired) electrons. The van der Waals surface area contributed by atoms with Gasteiger partial charge in [-0.05, 0) is 42.9 Å². The highest BCUT2D eigenvalue weighted by Gasteiger charge is 2.27. The minimum atomic E-state index is 0.631. The fraction of sp³-hybridized carbons (Fsp3) is 0.600. The summed E-state index contributed by atoms with van der Waals surface area (Å²) in [5, 5.41) is 3.74. The van der Waals surface area contributed by atoms with Crippen molar-refractivity contribution in [3.63, 3.8) is 0 Å². The van der Waals surface area contributed by atoms with Gasteiger partial charge in [0.1, 0.15) is 0 Å². The highest BCUT2D eigenvalue weighted by Crippen LogP contribution is 2.32. The molecule has 0 heterocycles. The predicted octanol–water partition coefficient (Wildman–Crippen LogP) is 4.99. The standard InChI is InChI=1S/C15H22BrN/c1-10-5-4-6-14(12(10)3)17-15-9-13(16)8-7-11(15)2/h7-10,12,14,17H,4-6H2,1-3H3. The second-order valence-corrected chi connectivity index (χ2v) is 6.39. The first kappa shape index (κ1) is 12.9. The van der Waals surface area contributed by atoms with Gasteiger partial charge in [-0.1, -0.05) is 48.7 Å². The van der Waals surface area contributed by atoms with Crippen molar-refractivity contribution in [3.05, 3.63) is 28.2 Å². The maximum absolute atomic E-state index is 3.74. The highest BCUT2D eigenvalue weighted by molar-refractivity contribution is 9.10. The van der Waals surface area contributed by atoms with Crippen LogP contribution in [-0.2, 0) is 0 Å². The molecule has 94 valence electrons. The molecule has 0 aromatic heterocycles. The lowest BCUT2D eigenvalue weighted by Gasteiger charge is -2.35. The molecular formula is C15H22BrN. The van der Waals surface area contributed by atoms with Gasteiger partial charge in [0.2, 0.25) is 0 Å². The molecule has 1 aromatic rings. The van der Waals surface area contributed by atoms with Gasteiger partial charge in [0.25, 0.3) is 0 Å².